The number of carbonyl (C=O) groups is 1. The molecule has 0 spiro atoms. The molecule has 3 N–H and O–H groups in total. The Morgan fingerprint density at radius 2 is 2.29 bits per heavy atom. The van der Waals surface area contributed by atoms with Crippen LogP contribution in [-0.2, 0) is 11.3 Å². The molecule has 1 amide bonds. The molecule has 0 aliphatic rings. The first-order chi connectivity index (χ1) is 8.11. The molecule has 1 rings (SSSR count). The summed E-state index contributed by atoms with van der Waals surface area (Å²) in [6.07, 6.45) is 1.40. The van der Waals surface area contributed by atoms with Gasteiger partial charge in [-0.05, 0) is 36.6 Å². The van der Waals surface area contributed by atoms with Crippen molar-refractivity contribution in [1.82, 2.24) is 5.32 Å². The summed E-state index contributed by atoms with van der Waals surface area (Å²) in [5.74, 6) is 0.497. The number of halogens is 1. The third kappa shape index (κ3) is 5.84. The summed E-state index contributed by atoms with van der Waals surface area (Å²) in [5.41, 5.74) is 6.60. The third-order valence-electron chi connectivity index (χ3n) is 2.65. The maximum atomic E-state index is 11.6. The number of hydrogen-bond donors (Lipinski definition) is 2. The molecule has 0 heterocycles. The van der Waals surface area contributed by atoms with Gasteiger partial charge in [0.05, 0.1) is 0 Å². The van der Waals surface area contributed by atoms with Gasteiger partial charge in [-0.1, -0.05) is 35.0 Å². The van der Waals surface area contributed by atoms with E-state index in [1.807, 2.05) is 24.3 Å². The average Bonchev–Trinajstić information content (AvgIpc) is 2.33. The summed E-state index contributed by atoms with van der Waals surface area (Å²) in [4.78, 5) is 11.6. The Morgan fingerprint density at radius 1 is 1.53 bits per heavy atom. The summed E-state index contributed by atoms with van der Waals surface area (Å²) in [6.45, 7) is 3.27. The highest BCUT2D eigenvalue weighted by atomic mass is 79.9. The Kier molecular flexibility index (Phi) is 6.22. The van der Waals surface area contributed by atoms with E-state index in [-0.39, 0.29) is 5.91 Å². The van der Waals surface area contributed by atoms with Crippen molar-refractivity contribution in [1.29, 1.82) is 0 Å². The summed E-state index contributed by atoms with van der Waals surface area (Å²) >= 11 is 3.40. The molecule has 0 aliphatic heterocycles. The van der Waals surface area contributed by atoms with Crippen LogP contribution in [0.25, 0.3) is 0 Å². The lowest BCUT2D eigenvalue weighted by Gasteiger charge is -2.09. The molecule has 1 aromatic rings. The zero-order valence-electron chi connectivity index (χ0n) is 10.1. The van der Waals surface area contributed by atoms with Crippen LogP contribution in [0.4, 0.5) is 0 Å². The highest BCUT2D eigenvalue weighted by molar-refractivity contribution is 9.10. The number of nitrogens with two attached hydrogens (primary N) is 1. The van der Waals surface area contributed by atoms with Gasteiger partial charge in [0, 0.05) is 17.4 Å². The maximum Gasteiger partial charge on any atom is 0.220 e. The van der Waals surface area contributed by atoms with Crippen LogP contribution in [0.2, 0.25) is 0 Å². The van der Waals surface area contributed by atoms with Crippen LogP contribution in [0.3, 0.4) is 0 Å². The number of amides is 1. The van der Waals surface area contributed by atoms with E-state index in [1.54, 1.807) is 0 Å². The Balaban J connectivity index is 2.28. The zero-order chi connectivity index (χ0) is 12.7. The molecule has 4 heteroatoms. The lowest BCUT2D eigenvalue weighted by Crippen LogP contribution is -2.23. The van der Waals surface area contributed by atoms with Crippen LogP contribution in [0, 0.1) is 5.92 Å². The molecule has 0 saturated carbocycles. The molecule has 1 atom stereocenters. The van der Waals surface area contributed by atoms with Crippen molar-refractivity contribution in [2.24, 2.45) is 11.7 Å². The molecular formula is C13H19BrN2O. The van der Waals surface area contributed by atoms with Crippen LogP contribution in [0.15, 0.2) is 28.7 Å². The van der Waals surface area contributed by atoms with Gasteiger partial charge in [0.15, 0.2) is 0 Å². The highest BCUT2D eigenvalue weighted by Crippen LogP contribution is 2.11. The Hall–Kier alpha value is -0.870. The summed E-state index contributed by atoms with van der Waals surface area (Å²) < 4.78 is 1.03. The van der Waals surface area contributed by atoms with Gasteiger partial charge in [0.25, 0.3) is 0 Å². The van der Waals surface area contributed by atoms with Gasteiger partial charge in [0.2, 0.25) is 5.91 Å². The minimum atomic E-state index is 0.0882. The van der Waals surface area contributed by atoms with Crippen molar-refractivity contribution in [2.45, 2.75) is 26.3 Å². The monoisotopic (exact) mass is 298 g/mol. The third-order valence-corrected chi connectivity index (χ3v) is 3.14. The summed E-state index contributed by atoms with van der Waals surface area (Å²) in [5, 5.41) is 2.91. The number of carbonyl (C=O) groups excluding carboxylic acids is 1. The van der Waals surface area contributed by atoms with Crippen LogP contribution in [0.1, 0.15) is 25.3 Å². The molecule has 0 aliphatic carbocycles. The SMILES string of the molecule is CC(CN)CCC(=O)NCc1cccc(Br)c1. The molecule has 0 fully saturated rings. The molecule has 94 valence electrons. The van der Waals surface area contributed by atoms with Crippen molar-refractivity contribution in [3.05, 3.63) is 34.3 Å². The fourth-order valence-electron chi connectivity index (χ4n) is 1.43. The molecule has 0 aromatic heterocycles. The van der Waals surface area contributed by atoms with Gasteiger partial charge in [-0.25, -0.2) is 0 Å². The normalized spacial score (nSPS) is 12.2. The van der Waals surface area contributed by atoms with E-state index in [2.05, 4.69) is 28.2 Å². The van der Waals surface area contributed by atoms with E-state index in [9.17, 15) is 4.79 Å². The number of hydrogen-bond acceptors (Lipinski definition) is 2. The predicted molar refractivity (Wildman–Crippen MR) is 73.4 cm³/mol. The first-order valence-electron chi connectivity index (χ1n) is 5.83. The van der Waals surface area contributed by atoms with Crippen LogP contribution in [0.5, 0.6) is 0 Å². The van der Waals surface area contributed by atoms with Crippen LogP contribution in [-0.4, -0.2) is 12.5 Å². The molecule has 0 radical (unpaired) electrons. The minimum Gasteiger partial charge on any atom is -0.352 e. The molecule has 3 nitrogen and oxygen atoms in total. The predicted octanol–water partition coefficient (Wildman–Crippen LogP) is 2.44. The van der Waals surface area contributed by atoms with E-state index in [1.165, 1.54) is 0 Å². The Labute approximate surface area is 111 Å². The second-order valence-electron chi connectivity index (χ2n) is 4.29. The quantitative estimate of drug-likeness (QED) is 0.847. The number of rotatable bonds is 6. The molecule has 1 aromatic carbocycles. The largest absolute Gasteiger partial charge is 0.352 e. The van der Waals surface area contributed by atoms with Crippen molar-refractivity contribution in [3.8, 4) is 0 Å². The van der Waals surface area contributed by atoms with E-state index < -0.39 is 0 Å². The first-order valence-corrected chi connectivity index (χ1v) is 6.62. The van der Waals surface area contributed by atoms with Gasteiger partial charge in [-0.3, -0.25) is 4.79 Å². The van der Waals surface area contributed by atoms with Crippen LogP contribution < -0.4 is 11.1 Å². The highest BCUT2D eigenvalue weighted by Gasteiger charge is 2.05. The summed E-state index contributed by atoms with van der Waals surface area (Å²) in [7, 11) is 0. The van der Waals surface area contributed by atoms with Gasteiger partial charge >= 0.3 is 0 Å². The van der Waals surface area contributed by atoms with Crippen molar-refractivity contribution >= 4 is 21.8 Å². The van der Waals surface area contributed by atoms with Crippen molar-refractivity contribution in [3.63, 3.8) is 0 Å². The minimum absolute atomic E-state index is 0.0882. The van der Waals surface area contributed by atoms with Crippen LogP contribution >= 0.6 is 15.9 Å². The molecule has 0 bridgehead atoms. The van der Waals surface area contributed by atoms with Gasteiger partial charge < -0.3 is 11.1 Å². The van der Waals surface area contributed by atoms with Crippen molar-refractivity contribution < 1.29 is 4.79 Å². The van der Waals surface area contributed by atoms with E-state index >= 15 is 0 Å². The Morgan fingerprint density at radius 3 is 2.94 bits per heavy atom. The van der Waals surface area contributed by atoms with Gasteiger partial charge in [0.1, 0.15) is 0 Å². The number of nitrogens with one attached hydrogen (secondary N) is 1. The lowest BCUT2D eigenvalue weighted by molar-refractivity contribution is -0.121. The second kappa shape index (κ2) is 7.45. The molecule has 0 saturated heterocycles. The van der Waals surface area contributed by atoms with Gasteiger partial charge in [-0.15, -0.1) is 0 Å². The fraction of sp³-hybridized carbons (Fsp3) is 0.462. The van der Waals surface area contributed by atoms with E-state index in [0.717, 1.165) is 16.5 Å². The number of benzene rings is 1. The maximum absolute atomic E-state index is 11.6. The van der Waals surface area contributed by atoms with E-state index in [4.69, 9.17) is 5.73 Å². The van der Waals surface area contributed by atoms with Crippen molar-refractivity contribution in [2.75, 3.05) is 6.54 Å². The second-order valence-corrected chi connectivity index (χ2v) is 5.20. The topological polar surface area (TPSA) is 55.1 Å². The molecule has 17 heavy (non-hydrogen) atoms. The fourth-order valence-corrected chi connectivity index (χ4v) is 1.88. The summed E-state index contributed by atoms with van der Waals surface area (Å²) in [6, 6.07) is 7.92. The first kappa shape index (κ1) is 14.2. The van der Waals surface area contributed by atoms with Gasteiger partial charge in [-0.2, -0.15) is 0 Å². The Bertz CT molecular complexity index is 368. The smallest absolute Gasteiger partial charge is 0.220 e. The molecule has 1 unspecified atom stereocenters. The lowest BCUT2D eigenvalue weighted by atomic mass is 10.1. The molecular weight excluding hydrogens is 280 g/mol. The average molecular weight is 299 g/mol. The standard InChI is InChI=1S/C13H19BrN2O/c1-10(8-15)5-6-13(17)16-9-11-3-2-4-12(14)7-11/h2-4,7,10H,5-6,8-9,15H2,1H3,(H,16,17). The zero-order valence-corrected chi connectivity index (χ0v) is 11.7. The van der Waals surface area contributed by atoms with E-state index in [0.29, 0.717) is 25.4 Å².